The predicted octanol–water partition coefficient (Wildman–Crippen LogP) is 3.63. The number of ether oxygens (including phenoxy) is 1. The Morgan fingerprint density at radius 1 is 1.30 bits per heavy atom. The summed E-state index contributed by atoms with van der Waals surface area (Å²) in [6.07, 6.45) is 1.82. The van der Waals surface area contributed by atoms with E-state index in [-0.39, 0.29) is 38.4 Å². The van der Waals surface area contributed by atoms with Gasteiger partial charge in [0.05, 0.1) is 22.9 Å². The van der Waals surface area contributed by atoms with Crippen molar-refractivity contribution in [3.8, 4) is 11.3 Å². The lowest BCUT2D eigenvalue weighted by molar-refractivity contribution is 0.0602. The largest absolute Gasteiger partial charge is 0.465 e. The third-order valence-electron chi connectivity index (χ3n) is 3.81. The summed E-state index contributed by atoms with van der Waals surface area (Å²) in [4.78, 5) is 43.5. The molecule has 3 aromatic rings. The van der Waals surface area contributed by atoms with E-state index in [1.54, 1.807) is 18.2 Å². The number of nitrogens with one attached hydrogen (secondary N) is 2. The van der Waals surface area contributed by atoms with Crippen LogP contribution in [0.15, 0.2) is 33.6 Å². The van der Waals surface area contributed by atoms with Crippen molar-refractivity contribution in [2.45, 2.75) is 5.75 Å². The van der Waals surface area contributed by atoms with E-state index in [9.17, 15) is 14.4 Å². The number of anilines is 1. The predicted molar refractivity (Wildman–Crippen MR) is 113 cm³/mol. The molecule has 0 aliphatic rings. The standard InChI is InChI=1S/C18H14Cl2N4O5S/c1-28-18(27)14-15(13-8(19)4-3-5-9(13)20)24-29-17(14)23-16(26)10-6-12(25)22-11(21-10)7-30-2/h3-6H,7H2,1-2H3,(H,23,26)(H,21,22,25). The van der Waals surface area contributed by atoms with Gasteiger partial charge in [0, 0.05) is 11.6 Å². The number of carbonyl (C=O) groups is 2. The molecule has 0 radical (unpaired) electrons. The molecule has 0 unspecified atom stereocenters. The second kappa shape index (κ2) is 9.33. The highest BCUT2D eigenvalue weighted by Crippen LogP contribution is 2.38. The van der Waals surface area contributed by atoms with Crippen LogP contribution < -0.4 is 10.9 Å². The van der Waals surface area contributed by atoms with Gasteiger partial charge in [-0.3, -0.25) is 14.9 Å². The van der Waals surface area contributed by atoms with E-state index in [2.05, 4.69) is 20.4 Å². The van der Waals surface area contributed by atoms with Crippen molar-refractivity contribution >= 4 is 52.7 Å². The number of aromatic nitrogens is 3. The second-order valence-electron chi connectivity index (χ2n) is 5.79. The number of amides is 1. The van der Waals surface area contributed by atoms with Gasteiger partial charge in [-0.2, -0.15) is 11.8 Å². The van der Waals surface area contributed by atoms with Crippen LogP contribution in [0.1, 0.15) is 26.7 Å². The van der Waals surface area contributed by atoms with E-state index in [0.717, 1.165) is 13.2 Å². The third-order valence-corrected chi connectivity index (χ3v) is 5.00. The van der Waals surface area contributed by atoms with Gasteiger partial charge in [-0.05, 0) is 18.4 Å². The van der Waals surface area contributed by atoms with Gasteiger partial charge < -0.3 is 14.2 Å². The van der Waals surface area contributed by atoms with Crippen LogP contribution >= 0.6 is 35.0 Å². The highest BCUT2D eigenvalue weighted by Gasteiger charge is 2.29. The van der Waals surface area contributed by atoms with Crippen LogP contribution in [0.25, 0.3) is 11.3 Å². The summed E-state index contributed by atoms with van der Waals surface area (Å²) in [6, 6.07) is 5.77. The highest BCUT2D eigenvalue weighted by molar-refractivity contribution is 7.97. The van der Waals surface area contributed by atoms with Crippen LogP contribution in [-0.4, -0.2) is 40.4 Å². The highest BCUT2D eigenvalue weighted by atomic mass is 35.5. The molecular formula is C18H14Cl2N4O5S. The summed E-state index contributed by atoms with van der Waals surface area (Å²) in [5.41, 5.74) is -0.604. The lowest BCUT2D eigenvalue weighted by Crippen LogP contribution is -2.21. The average molecular weight is 469 g/mol. The fraction of sp³-hybridized carbons (Fsp3) is 0.167. The van der Waals surface area contributed by atoms with Gasteiger partial charge in [-0.15, -0.1) is 0 Å². The Hall–Kier alpha value is -2.82. The molecule has 0 fully saturated rings. The summed E-state index contributed by atoms with van der Waals surface area (Å²) >= 11 is 13.8. The normalized spacial score (nSPS) is 10.7. The van der Waals surface area contributed by atoms with Crippen LogP contribution in [0.4, 0.5) is 5.88 Å². The number of aromatic amines is 1. The Morgan fingerprint density at radius 3 is 2.63 bits per heavy atom. The number of hydrogen-bond donors (Lipinski definition) is 2. The maximum absolute atomic E-state index is 12.6. The van der Waals surface area contributed by atoms with Crippen LogP contribution in [0.3, 0.4) is 0 Å². The fourth-order valence-corrected chi connectivity index (χ4v) is 3.54. The molecule has 1 amide bonds. The smallest absolute Gasteiger partial charge is 0.345 e. The third kappa shape index (κ3) is 4.50. The van der Waals surface area contributed by atoms with E-state index < -0.39 is 17.4 Å². The van der Waals surface area contributed by atoms with Crippen LogP contribution in [0.5, 0.6) is 0 Å². The van der Waals surface area contributed by atoms with Gasteiger partial charge in [-0.1, -0.05) is 34.4 Å². The number of hydrogen-bond acceptors (Lipinski definition) is 8. The molecule has 0 saturated heterocycles. The Morgan fingerprint density at radius 2 is 2.00 bits per heavy atom. The molecule has 156 valence electrons. The van der Waals surface area contributed by atoms with Crippen molar-refractivity contribution in [3.05, 3.63) is 61.7 Å². The molecule has 2 heterocycles. The van der Waals surface area contributed by atoms with Crippen molar-refractivity contribution in [3.63, 3.8) is 0 Å². The summed E-state index contributed by atoms with van der Waals surface area (Å²) < 4.78 is 9.95. The molecule has 3 rings (SSSR count). The van der Waals surface area contributed by atoms with E-state index in [1.165, 1.54) is 11.8 Å². The summed E-state index contributed by atoms with van der Waals surface area (Å²) in [6.45, 7) is 0. The molecule has 30 heavy (non-hydrogen) atoms. The molecule has 0 spiro atoms. The Bertz CT molecular complexity index is 1160. The van der Waals surface area contributed by atoms with E-state index in [4.69, 9.17) is 32.5 Å². The molecule has 0 aliphatic heterocycles. The minimum absolute atomic E-state index is 0.00492. The zero-order chi connectivity index (χ0) is 21.8. The molecule has 2 aromatic heterocycles. The monoisotopic (exact) mass is 468 g/mol. The topological polar surface area (TPSA) is 127 Å². The maximum Gasteiger partial charge on any atom is 0.345 e. The number of halogens is 2. The Balaban J connectivity index is 2.03. The number of nitrogens with zero attached hydrogens (tertiary/aromatic N) is 2. The maximum atomic E-state index is 12.6. The van der Waals surface area contributed by atoms with Gasteiger partial charge in [0.15, 0.2) is 5.56 Å². The SMILES string of the molecule is COC(=O)c1c(-c2c(Cl)cccc2Cl)noc1NC(=O)c1cc(=O)[nH]c(CSC)n1. The van der Waals surface area contributed by atoms with Gasteiger partial charge in [0.1, 0.15) is 17.2 Å². The van der Waals surface area contributed by atoms with E-state index >= 15 is 0 Å². The first-order chi connectivity index (χ1) is 14.3. The van der Waals surface area contributed by atoms with Gasteiger partial charge in [0.2, 0.25) is 5.88 Å². The average Bonchev–Trinajstić information content (AvgIpc) is 3.10. The van der Waals surface area contributed by atoms with Crippen molar-refractivity contribution in [2.75, 3.05) is 18.7 Å². The second-order valence-corrected chi connectivity index (χ2v) is 7.47. The number of carbonyl (C=O) groups excluding carboxylic acids is 2. The first-order valence-electron chi connectivity index (χ1n) is 8.28. The number of H-pyrrole nitrogens is 1. The molecular weight excluding hydrogens is 455 g/mol. The lowest BCUT2D eigenvalue weighted by atomic mass is 10.1. The molecule has 0 aliphatic carbocycles. The van der Waals surface area contributed by atoms with E-state index in [1.807, 2.05) is 6.26 Å². The van der Waals surface area contributed by atoms with Crippen molar-refractivity contribution in [1.82, 2.24) is 15.1 Å². The molecule has 1 aromatic carbocycles. The minimum Gasteiger partial charge on any atom is -0.465 e. The number of thioether (sulfide) groups is 1. The molecule has 12 heteroatoms. The van der Waals surface area contributed by atoms with Crippen LogP contribution in [0.2, 0.25) is 10.0 Å². The van der Waals surface area contributed by atoms with Gasteiger partial charge in [-0.25, -0.2) is 9.78 Å². The number of methoxy groups -OCH3 is 1. The fourth-order valence-electron chi connectivity index (χ4n) is 2.56. The molecule has 2 N–H and O–H groups in total. The zero-order valence-corrected chi connectivity index (χ0v) is 17.9. The summed E-state index contributed by atoms with van der Waals surface area (Å²) in [5.74, 6) is -1.18. The molecule has 0 bridgehead atoms. The van der Waals surface area contributed by atoms with Crippen molar-refractivity contribution < 1.29 is 18.8 Å². The number of esters is 1. The minimum atomic E-state index is -0.834. The quantitative estimate of drug-likeness (QED) is 0.524. The first-order valence-corrected chi connectivity index (χ1v) is 10.4. The number of rotatable bonds is 6. The number of benzene rings is 1. The summed E-state index contributed by atoms with van der Waals surface area (Å²) in [7, 11) is 1.16. The van der Waals surface area contributed by atoms with Crippen molar-refractivity contribution in [2.24, 2.45) is 0 Å². The Kier molecular flexibility index (Phi) is 6.80. The first kappa shape index (κ1) is 21.9. The molecule has 9 nitrogen and oxygen atoms in total. The van der Waals surface area contributed by atoms with E-state index in [0.29, 0.717) is 11.6 Å². The van der Waals surface area contributed by atoms with Crippen molar-refractivity contribution in [1.29, 1.82) is 0 Å². The van der Waals surface area contributed by atoms with Crippen LogP contribution in [0, 0.1) is 0 Å². The van der Waals surface area contributed by atoms with Gasteiger partial charge in [0.25, 0.3) is 11.5 Å². The zero-order valence-electron chi connectivity index (χ0n) is 15.6. The Labute approximate surface area is 184 Å². The molecule has 0 atom stereocenters. The van der Waals surface area contributed by atoms with Gasteiger partial charge >= 0.3 is 5.97 Å². The lowest BCUT2D eigenvalue weighted by Gasteiger charge is -2.07. The molecule has 0 saturated carbocycles. The summed E-state index contributed by atoms with van der Waals surface area (Å²) in [5, 5.41) is 6.67. The van der Waals surface area contributed by atoms with Crippen LogP contribution in [-0.2, 0) is 10.5 Å².